The molecule has 4 nitrogen and oxygen atoms in total. The van der Waals surface area contributed by atoms with Crippen LogP contribution in [0.5, 0.6) is 0 Å². The second kappa shape index (κ2) is 3.34. The molecular formula is C8H5F3N4. The Labute approximate surface area is 82.4 Å². The fourth-order valence-corrected chi connectivity index (χ4v) is 1.05. The van der Waals surface area contributed by atoms with Crippen molar-refractivity contribution >= 4 is 0 Å². The van der Waals surface area contributed by atoms with Gasteiger partial charge in [-0.1, -0.05) is 5.21 Å². The maximum absolute atomic E-state index is 12.3. The molecule has 0 saturated heterocycles. The molecule has 0 atom stereocenters. The molecule has 2 aromatic rings. The highest BCUT2D eigenvalue weighted by Gasteiger charge is 2.30. The molecule has 0 aliphatic rings. The summed E-state index contributed by atoms with van der Waals surface area (Å²) in [5, 5.41) is 7.03. The second-order valence-electron chi connectivity index (χ2n) is 2.75. The highest BCUT2D eigenvalue weighted by molar-refractivity contribution is 5.28. The van der Waals surface area contributed by atoms with E-state index < -0.39 is 11.7 Å². The summed E-state index contributed by atoms with van der Waals surface area (Å²) in [6.07, 6.45) is -0.511. The number of halogens is 3. The van der Waals surface area contributed by atoms with E-state index in [4.69, 9.17) is 0 Å². The average molecular weight is 214 g/mol. The Morgan fingerprint density at radius 3 is 2.60 bits per heavy atom. The van der Waals surface area contributed by atoms with Gasteiger partial charge in [0.25, 0.3) is 0 Å². The summed E-state index contributed by atoms with van der Waals surface area (Å²) < 4.78 is 38.2. The Balaban J connectivity index is 2.44. The van der Waals surface area contributed by atoms with Crippen LogP contribution < -0.4 is 0 Å². The van der Waals surface area contributed by atoms with E-state index in [0.717, 1.165) is 23.0 Å². The third-order valence-corrected chi connectivity index (χ3v) is 1.73. The van der Waals surface area contributed by atoms with Gasteiger partial charge in [0.1, 0.15) is 0 Å². The van der Waals surface area contributed by atoms with Gasteiger partial charge in [0.2, 0.25) is 0 Å². The Morgan fingerprint density at radius 2 is 2.00 bits per heavy atom. The molecule has 2 rings (SSSR count). The number of pyridine rings is 1. The molecule has 0 radical (unpaired) electrons. The zero-order valence-electron chi connectivity index (χ0n) is 7.31. The molecule has 0 fully saturated rings. The van der Waals surface area contributed by atoms with Crippen LogP contribution in [-0.2, 0) is 6.18 Å². The number of hydrogen-bond acceptors (Lipinski definition) is 3. The van der Waals surface area contributed by atoms with Crippen LogP contribution in [0, 0.1) is 0 Å². The van der Waals surface area contributed by atoms with E-state index in [-0.39, 0.29) is 5.82 Å². The molecule has 7 heteroatoms. The minimum Gasteiger partial charge on any atom is -0.237 e. The van der Waals surface area contributed by atoms with E-state index in [1.807, 2.05) is 0 Å². The highest BCUT2D eigenvalue weighted by atomic mass is 19.4. The lowest BCUT2D eigenvalue weighted by molar-refractivity contribution is -0.137. The van der Waals surface area contributed by atoms with Crippen LogP contribution >= 0.6 is 0 Å². The summed E-state index contributed by atoms with van der Waals surface area (Å²) in [5.74, 6) is 0.0855. The monoisotopic (exact) mass is 214 g/mol. The molecule has 0 spiro atoms. The fraction of sp³-hybridized carbons (Fsp3) is 0.125. The van der Waals surface area contributed by atoms with Crippen LogP contribution in [0.3, 0.4) is 0 Å². The van der Waals surface area contributed by atoms with E-state index in [2.05, 4.69) is 15.3 Å². The van der Waals surface area contributed by atoms with Crippen LogP contribution in [0.2, 0.25) is 0 Å². The lowest BCUT2D eigenvalue weighted by Crippen LogP contribution is -2.07. The molecule has 0 aliphatic carbocycles. The second-order valence-corrected chi connectivity index (χ2v) is 2.75. The lowest BCUT2D eigenvalue weighted by atomic mass is 10.2. The van der Waals surface area contributed by atoms with Crippen LogP contribution in [0.1, 0.15) is 5.56 Å². The minimum atomic E-state index is -4.38. The molecular weight excluding hydrogens is 209 g/mol. The van der Waals surface area contributed by atoms with Crippen LogP contribution in [-0.4, -0.2) is 20.0 Å². The van der Waals surface area contributed by atoms with E-state index >= 15 is 0 Å². The van der Waals surface area contributed by atoms with Crippen molar-refractivity contribution in [3.63, 3.8) is 0 Å². The van der Waals surface area contributed by atoms with Gasteiger partial charge in [-0.05, 0) is 12.1 Å². The number of alkyl halides is 3. The molecule has 0 bridgehead atoms. The average Bonchev–Trinajstić information content (AvgIpc) is 2.69. The van der Waals surface area contributed by atoms with Crippen molar-refractivity contribution in [2.24, 2.45) is 0 Å². The van der Waals surface area contributed by atoms with E-state index in [9.17, 15) is 13.2 Å². The Morgan fingerprint density at radius 1 is 1.20 bits per heavy atom. The molecule has 15 heavy (non-hydrogen) atoms. The first-order valence-electron chi connectivity index (χ1n) is 3.97. The molecule has 78 valence electrons. The fourth-order valence-electron chi connectivity index (χ4n) is 1.05. The van der Waals surface area contributed by atoms with Crippen molar-refractivity contribution in [1.82, 2.24) is 20.0 Å². The summed E-state index contributed by atoms with van der Waals surface area (Å²) in [6.45, 7) is 0. The molecule has 2 heterocycles. The summed E-state index contributed by atoms with van der Waals surface area (Å²) in [7, 11) is 0. The van der Waals surface area contributed by atoms with Crippen LogP contribution in [0.15, 0.2) is 30.7 Å². The van der Waals surface area contributed by atoms with E-state index in [1.54, 1.807) is 0 Å². The summed E-state index contributed by atoms with van der Waals surface area (Å²) >= 11 is 0. The summed E-state index contributed by atoms with van der Waals surface area (Å²) in [4.78, 5) is 3.76. The van der Waals surface area contributed by atoms with Gasteiger partial charge in [0, 0.05) is 6.20 Å². The predicted octanol–water partition coefficient (Wildman–Crippen LogP) is 1.68. The van der Waals surface area contributed by atoms with E-state index in [1.165, 1.54) is 12.4 Å². The number of aromatic nitrogens is 4. The van der Waals surface area contributed by atoms with Crippen molar-refractivity contribution in [2.75, 3.05) is 0 Å². The largest absolute Gasteiger partial charge is 0.416 e. The maximum atomic E-state index is 12.3. The molecule has 0 amide bonds. The smallest absolute Gasteiger partial charge is 0.237 e. The Kier molecular flexibility index (Phi) is 2.14. The number of rotatable bonds is 1. The minimum absolute atomic E-state index is 0.0855. The van der Waals surface area contributed by atoms with Crippen molar-refractivity contribution in [2.45, 2.75) is 6.18 Å². The Bertz CT molecular complexity index is 449. The normalized spacial score (nSPS) is 11.7. The maximum Gasteiger partial charge on any atom is 0.416 e. The van der Waals surface area contributed by atoms with Crippen LogP contribution in [0.25, 0.3) is 5.82 Å². The quantitative estimate of drug-likeness (QED) is 0.725. The molecule has 0 N–H and O–H groups in total. The van der Waals surface area contributed by atoms with Gasteiger partial charge in [0.05, 0.1) is 18.0 Å². The first kappa shape index (κ1) is 9.63. The molecule has 0 saturated carbocycles. The molecule has 0 aliphatic heterocycles. The lowest BCUT2D eigenvalue weighted by Gasteiger charge is -2.07. The zero-order chi connectivity index (χ0) is 10.9. The SMILES string of the molecule is FC(F)(F)c1ccnc(-n2ccnn2)c1. The van der Waals surface area contributed by atoms with Gasteiger partial charge >= 0.3 is 6.18 Å². The molecule has 0 aromatic carbocycles. The number of hydrogen-bond donors (Lipinski definition) is 0. The summed E-state index contributed by atoms with van der Waals surface area (Å²) in [5.41, 5.74) is -0.761. The van der Waals surface area contributed by atoms with Gasteiger partial charge in [-0.2, -0.15) is 13.2 Å². The standard InChI is InChI=1S/C8H5F3N4/c9-8(10,11)6-1-2-12-7(5-6)15-4-3-13-14-15/h1-5H. The Hall–Kier alpha value is -1.92. The molecule has 2 aromatic heterocycles. The van der Waals surface area contributed by atoms with Gasteiger partial charge < -0.3 is 0 Å². The van der Waals surface area contributed by atoms with Crippen molar-refractivity contribution in [1.29, 1.82) is 0 Å². The predicted molar refractivity (Wildman–Crippen MR) is 44.2 cm³/mol. The zero-order valence-corrected chi connectivity index (χ0v) is 7.31. The third-order valence-electron chi connectivity index (χ3n) is 1.73. The van der Waals surface area contributed by atoms with Crippen molar-refractivity contribution < 1.29 is 13.2 Å². The van der Waals surface area contributed by atoms with Gasteiger partial charge in [-0.15, -0.1) is 5.10 Å². The van der Waals surface area contributed by atoms with E-state index in [0.29, 0.717) is 0 Å². The topological polar surface area (TPSA) is 43.6 Å². The van der Waals surface area contributed by atoms with Gasteiger partial charge in [-0.3, -0.25) is 0 Å². The summed E-state index contributed by atoms with van der Waals surface area (Å²) in [6, 6.07) is 1.81. The third kappa shape index (κ3) is 1.95. The van der Waals surface area contributed by atoms with Gasteiger partial charge in [-0.25, -0.2) is 9.67 Å². The van der Waals surface area contributed by atoms with Crippen molar-refractivity contribution in [3.05, 3.63) is 36.3 Å². The van der Waals surface area contributed by atoms with Crippen LogP contribution in [0.4, 0.5) is 13.2 Å². The van der Waals surface area contributed by atoms with Crippen molar-refractivity contribution in [3.8, 4) is 5.82 Å². The van der Waals surface area contributed by atoms with Gasteiger partial charge in [0.15, 0.2) is 5.82 Å². The highest BCUT2D eigenvalue weighted by Crippen LogP contribution is 2.29. The molecule has 0 unspecified atom stereocenters. The number of nitrogens with zero attached hydrogens (tertiary/aromatic N) is 4. The first-order valence-corrected chi connectivity index (χ1v) is 3.97. The first-order chi connectivity index (χ1) is 7.07.